The van der Waals surface area contributed by atoms with E-state index < -0.39 is 10.0 Å². The summed E-state index contributed by atoms with van der Waals surface area (Å²) in [5.41, 5.74) is 1.09. The van der Waals surface area contributed by atoms with Gasteiger partial charge in [-0.2, -0.15) is 4.31 Å². The second kappa shape index (κ2) is 6.89. The average molecular weight is 318 g/mol. The Hall–Kier alpha value is -0.620. The van der Waals surface area contributed by atoms with Gasteiger partial charge in [-0.05, 0) is 43.4 Å². The van der Waals surface area contributed by atoms with Gasteiger partial charge in [-0.25, -0.2) is 8.42 Å². The van der Waals surface area contributed by atoms with E-state index >= 15 is 0 Å². The largest absolute Gasteiger partial charge is 0.395 e. The summed E-state index contributed by atoms with van der Waals surface area (Å²) in [5, 5.41) is 9.05. The van der Waals surface area contributed by atoms with Gasteiger partial charge in [0.2, 0.25) is 10.0 Å². The van der Waals surface area contributed by atoms with Gasteiger partial charge < -0.3 is 5.11 Å². The van der Waals surface area contributed by atoms with Gasteiger partial charge in [0.05, 0.1) is 11.5 Å². The highest BCUT2D eigenvalue weighted by Crippen LogP contribution is 2.31. The number of halogens is 1. The molecular weight excluding hydrogens is 298 g/mol. The lowest BCUT2D eigenvalue weighted by atomic mass is 10.1. The van der Waals surface area contributed by atoms with Crippen LogP contribution < -0.4 is 0 Å². The molecule has 1 saturated carbocycles. The number of hydrogen-bond donors (Lipinski definition) is 1. The van der Waals surface area contributed by atoms with E-state index in [4.69, 9.17) is 16.7 Å². The summed E-state index contributed by atoms with van der Waals surface area (Å²) >= 11 is 5.65. The lowest BCUT2D eigenvalue weighted by Gasteiger charge is -2.21. The van der Waals surface area contributed by atoms with Gasteiger partial charge in [0, 0.05) is 18.5 Å². The minimum absolute atomic E-state index is 0.0584. The van der Waals surface area contributed by atoms with Crippen molar-refractivity contribution in [2.45, 2.75) is 36.6 Å². The zero-order chi connectivity index (χ0) is 14.6. The smallest absolute Gasteiger partial charge is 0.243 e. The molecule has 0 aromatic heterocycles. The number of alkyl halides is 1. The van der Waals surface area contributed by atoms with Gasteiger partial charge in [0.1, 0.15) is 0 Å². The topological polar surface area (TPSA) is 57.6 Å². The Labute approximate surface area is 125 Å². The predicted molar refractivity (Wildman–Crippen MR) is 79.5 cm³/mol. The fraction of sp³-hybridized carbons (Fsp3) is 0.571. The third-order valence-electron chi connectivity index (χ3n) is 3.40. The van der Waals surface area contributed by atoms with Crippen LogP contribution in [0.2, 0.25) is 0 Å². The van der Waals surface area contributed by atoms with Crippen LogP contribution in [0.5, 0.6) is 0 Å². The molecular formula is C14H20ClNO3S. The highest BCUT2D eigenvalue weighted by atomic mass is 35.5. The summed E-state index contributed by atoms with van der Waals surface area (Å²) in [7, 11) is -3.49. The van der Waals surface area contributed by atoms with Crippen LogP contribution in [-0.2, 0) is 16.4 Å². The van der Waals surface area contributed by atoms with Crippen molar-refractivity contribution in [3.63, 3.8) is 0 Å². The van der Waals surface area contributed by atoms with Crippen LogP contribution in [0, 0.1) is 0 Å². The molecule has 0 atom stereocenters. The lowest BCUT2D eigenvalue weighted by molar-refractivity contribution is 0.250. The van der Waals surface area contributed by atoms with Crippen molar-refractivity contribution in [3.8, 4) is 0 Å². The van der Waals surface area contributed by atoms with Crippen LogP contribution in [0.3, 0.4) is 0 Å². The summed E-state index contributed by atoms with van der Waals surface area (Å²) in [5.74, 6) is 0.603. The van der Waals surface area contributed by atoms with Crippen molar-refractivity contribution < 1.29 is 13.5 Å². The standard InChI is InChI=1S/C14H20ClNO3S/c15-9-1-2-12-3-7-14(8-4-12)20(18,19)16(10-11-17)13-5-6-13/h3-4,7-8,13,17H,1-2,5-6,9-11H2. The summed E-state index contributed by atoms with van der Waals surface area (Å²) in [4.78, 5) is 0.299. The first kappa shape index (κ1) is 15.8. The van der Waals surface area contributed by atoms with Crippen LogP contribution in [0.25, 0.3) is 0 Å². The first-order valence-electron chi connectivity index (χ1n) is 6.87. The molecule has 0 amide bonds. The molecule has 20 heavy (non-hydrogen) atoms. The number of benzene rings is 1. The number of sulfonamides is 1. The molecule has 1 fully saturated rings. The van der Waals surface area contributed by atoms with Gasteiger partial charge in [0.15, 0.2) is 0 Å². The Morgan fingerprint density at radius 3 is 2.40 bits per heavy atom. The highest BCUT2D eigenvalue weighted by molar-refractivity contribution is 7.89. The maximum atomic E-state index is 12.5. The number of nitrogens with zero attached hydrogens (tertiary/aromatic N) is 1. The van der Waals surface area contributed by atoms with Crippen molar-refractivity contribution in [3.05, 3.63) is 29.8 Å². The van der Waals surface area contributed by atoms with Crippen LogP contribution in [-0.4, -0.2) is 42.9 Å². The molecule has 2 rings (SSSR count). The summed E-state index contributed by atoms with van der Waals surface area (Å²) in [6.07, 6.45) is 3.50. The zero-order valence-corrected chi connectivity index (χ0v) is 12.9. The maximum Gasteiger partial charge on any atom is 0.243 e. The van der Waals surface area contributed by atoms with E-state index in [0.717, 1.165) is 31.2 Å². The Morgan fingerprint density at radius 2 is 1.90 bits per heavy atom. The van der Waals surface area contributed by atoms with Crippen LogP contribution >= 0.6 is 11.6 Å². The Morgan fingerprint density at radius 1 is 1.25 bits per heavy atom. The molecule has 0 spiro atoms. The number of aliphatic hydroxyl groups excluding tert-OH is 1. The molecule has 0 saturated heterocycles. The molecule has 4 nitrogen and oxygen atoms in total. The average Bonchev–Trinajstić information content (AvgIpc) is 3.27. The van der Waals surface area contributed by atoms with Crippen LogP contribution in [0.15, 0.2) is 29.2 Å². The van der Waals surface area contributed by atoms with E-state index in [0.29, 0.717) is 10.8 Å². The minimum atomic E-state index is -3.49. The number of aliphatic hydroxyl groups is 1. The predicted octanol–water partition coefficient (Wildman–Crippen LogP) is 2.00. The normalized spacial score (nSPS) is 15.8. The van der Waals surface area contributed by atoms with Crippen molar-refractivity contribution in [2.75, 3.05) is 19.0 Å². The highest BCUT2D eigenvalue weighted by Gasteiger charge is 2.37. The lowest BCUT2D eigenvalue weighted by Crippen LogP contribution is -2.35. The first-order chi connectivity index (χ1) is 9.59. The van der Waals surface area contributed by atoms with Crippen LogP contribution in [0.4, 0.5) is 0 Å². The number of aryl methyl sites for hydroxylation is 1. The van der Waals surface area contributed by atoms with E-state index in [-0.39, 0.29) is 19.2 Å². The molecule has 0 radical (unpaired) electrons. The van der Waals surface area contributed by atoms with E-state index in [2.05, 4.69) is 0 Å². The molecule has 1 aliphatic carbocycles. The third-order valence-corrected chi connectivity index (χ3v) is 5.64. The minimum Gasteiger partial charge on any atom is -0.395 e. The first-order valence-corrected chi connectivity index (χ1v) is 8.84. The fourth-order valence-electron chi connectivity index (χ4n) is 2.19. The fourth-order valence-corrected chi connectivity index (χ4v) is 4.00. The second-order valence-corrected chi connectivity index (χ2v) is 7.28. The zero-order valence-electron chi connectivity index (χ0n) is 11.3. The van der Waals surface area contributed by atoms with E-state index in [1.54, 1.807) is 12.1 Å². The third kappa shape index (κ3) is 3.73. The molecule has 0 aliphatic heterocycles. The van der Waals surface area contributed by atoms with Gasteiger partial charge in [-0.15, -0.1) is 11.6 Å². The molecule has 0 heterocycles. The molecule has 1 aliphatic rings. The molecule has 0 bridgehead atoms. The van der Waals surface area contributed by atoms with Gasteiger partial charge in [-0.3, -0.25) is 0 Å². The Balaban J connectivity index is 2.15. The monoisotopic (exact) mass is 317 g/mol. The second-order valence-electron chi connectivity index (χ2n) is 5.01. The molecule has 1 aromatic rings. The molecule has 0 unspecified atom stereocenters. The quantitative estimate of drug-likeness (QED) is 0.746. The van der Waals surface area contributed by atoms with Gasteiger partial charge >= 0.3 is 0 Å². The molecule has 112 valence electrons. The van der Waals surface area contributed by atoms with E-state index in [1.807, 2.05) is 12.1 Å². The molecule has 1 aromatic carbocycles. The number of rotatable bonds is 8. The Kier molecular flexibility index (Phi) is 5.43. The van der Waals surface area contributed by atoms with Crippen molar-refractivity contribution in [1.82, 2.24) is 4.31 Å². The van der Waals surface area contributed by atoms with E-state index in [1.165, 1.54) is 4.31 Å². The van der Waals surface area contributed by atoms with Crippen molar-refractivity contribution >= 4 is 21.6 Å². The van der Waals surface area contributed by atoms with Crippen molar-refractivity contribution in [1.29, 1.82) is 0 Å². The SMILES string of the molecule is O=S(=O)(c1ccc(CCCCl)cc1)N(CCO)C1CC1. The van der Waals surface area contributed by atoms with Gasteiger partial charge in [-0.1, -0.05) is 12.1 Å². The molecule has 1 N–H and O–H groups in total. The van der Waals surface area contributed by atoms with E-state index in [9.17, 15) is 8.42 Å². The Bertz CT molecular complexity index is 526. The summed E-state index contributed by atoms with van der Waals surface area (Å²) < 4.78 is 26.5. The number of hydrogen-bond acceptors (Lipinski definition) is 3. The summed E-state index contributed by atoms with van der Waals surface area (Å²) in [6.45, 7) is 0.0184. The maximum absolute atomic E-state index is 12.5. The molecule has 6 heteroatoms. The van der Waals surface area contributed by atoms with Gasteiger partial charge in [0.25, 0.3) is 0 Å². The van der Waals surface area contributed by atoms with Crippen molar-refractivity contribution in [2.24, 2.45) is 0 Å². The summed E-state index contributed by atoms with van der Waals surface area (Å²) in [6, 6.07) is 7.02. The van der Waals surface area contributed by atoms with Crippen LogP contribution in [0.1, 0.15) is 24.8 Å².